The van der Waals surface area contributed by atoms with Crippen LogP contribution in [0.15, 0.2) is 51.9 Å². The molecule has 4 rings (SSSR count). The molecule has 0 aliphatic heterocycles. The fourth-order valence-electron chi connectivity index (χ4n) is 2.70. The monoisotopic (exact) mass is 426 g/mol. The van der Waals surface area contributed by atoms with E-state index in [1.807, 2.05) is 43.3 Å². The third kappa shape index (κ3) is 4.57. The van der Waals surface area contributed by atoms with Gasteiger partial charge < -0.3 is 9.26 Å². The molecule has 7 nitrogen and oxygen atoms in total. The Morgan fingerprint density at radius 2 is 2.10 bits per heavy atom. The molecule has 4 aromatic rings. The van der Waals surface area contributed by atoms with Crippen LogP contribution in [0.4, 0.5) is 5.13 Å². The number of hydrogen-bond donors (Lipinski definition) is 1. The van der Waals surface area contributed by atoms with Crippen LogP contribution in [0.3, 0.4) is 0 Å². The number of carbonyl (C=O) groups is 1. The van der Waals surface area contributed by atoms with E-state index in [1.165, 1.54) is 23.1 Å². The predicted molar refractivity (Wildman–Crippen MR) is 114 cm³/mol. The van der Waals surface area contributed by atoms with Gasteiger partial charge in [-0.05, 0) is 44.2 Å². The lowest BCUT2D eigenvalue weighted by atomic mass is 10.2. The maximum absolute atomic E-state index is 12.9. The first-order chi connectivity index (χ1) is 14.1. The molecule has 0 aliphatic carbocycles. The first-order valence-corrected chi connectivity index (χ1v) is 10.8. The van der Waals surface area contributed by atoms with E-state index in [0.29, 0.717) is 34.8 Å². The Labute approximate surface area is 175 Å². The van der Waals surface area contributed by atoms with Crippen molar-refractivity contribution in [1.82, 2.24) is 15.1 Å². The number of aromatic nitrogens is 3. The molecule has 148 valence electrons. The first-order valence-electron chi connectivity index (χ1n) is 8.98. The minimum absolute atomic E-state index is 0.209. The average molecular weight is 427 g/mol. The maximum Gasteiger partial charge on any atom is 0.258 e. The van der Waals surface area contributed by atoms with Crippen LogP contribution < -0.4 is 10.1 Å². The number of amides is 1. The van der Waals surface area contributed by atoms with Crippen molar-refractivity contribution in [2.45, 2.75) is 24.5 Å². The zero-order chi connectivity index (χ0) is 20.2. The largest absolute Gasteiger partial charge is 0.494 e. The second-order valence-corrected chi connectivity index (χ2v) is 8.10. The van der Waals surface area contributed by atoms with Gasteiger partial charge >= 0.3 is 0 Å². The number of nitrogens with one attached hydrogen (secondary N) is 1. The zero-order valence-corrected chi connectivity index (χ0v) is 17.5. The van der Waals surface area contributed by atoms with Crippen LogP contribution in [0.5, 0.6) is 5.75 Å². The van der Waals surface area contributed by atoms with Gasteiger partial charge in [0.2, 0.25) is 5.89 Å². The van der Waals surface area contributed by atoms with Gasteiger partial charge in [-0.2, -0.15) is 4.98 Å². The number of benzene rings is 2. The Morgan fingerprint density at radius 1 is 1.24 bits per heavy atom. The van der Waals surface area contributed by atoms with Gasteiger partial charge in [-0.1, -0.05) is 28.6 Å². The molecule has 1 N–H and O–H groups in total. The third-order valence-electron chi connectivity index (χ3n) is 3.94. The highest BCUT2D eigenvalue weighted by Crippen LogP contribution is 2.31. The van der Waals surface area contributed by atoms with E-state index in [9.17, 15) is 4.79 Å². The van der Waals surface area contributed by atoms with Gasteiger partial charge in [0.05, 0.1) is 28.1 Å². The molecule has 0 saturated heterocycles. The van der Waals surface area contributed by atoms with Gasteiger partial charge in [0.1, 0.15) is 5.75 Å². The molecule has 0 unspecified atom stereocenters. The van der Waals surface area contributed by atoms with Crippen LogP contribution in [-0.4, -0.2) is 27.6 Å². The highest BCUT2D eigenvalue weighted by atomic mass is 32.2. The molecule has 0 radical (unpaired) electrons. The number of hydrogen-bond acceptors (Lipinski definition) is 8. The SMILES string of the molecule is CCOc1ccc2nc(NC(=O)c3ccccc3SCc3nc(C)no3)sc2c1. The Balaban J connectivity index is 1.50. The molecular formula is C20H18N4O3S2. The minimum atomic E-state index is -0.209. The summed E-state index contributed by atoms with van der Waals surface area (Å²) in [6, 6.07) is 13.1. The lowest BCUT2D eigenvalue weighted by Gasteiger charge is -2.07. The van der Waals surface area contributed by atoms with Crippen molar-refractivity contribution in [3.8, 4) is 5.75 Å². The quantitative estimate of drug-likeness (QED) is 0.419. The zero-order valence-electron chi connectivity index (χ0n) is 15.8. The first kappa shape index (κ1) is 19.4. The van der Waals surface area contributed by atoms with E-state index in [4.69, 9.17) is 9.26 Å². The van der Waals surface area contributed by atoms with E-state index < -0.39 is 0 Å². The number of fused-ring (bicyclic) bond motifs is 1. The fourth-order valence-corrected chi connectivity index (χ4v) is 4.47. The molecule has 2 heterocycles. The average Bonchev–Trinajstić information content (AvgIpc) is 3.31. The van der Waals surface area contributed by atoms with Crippen molar-refractivity contribution >= 4 is 44.4 Å². The molecule has 2 aromatic carbocycles. The van der Waals surface area contributed by atoms with Crippen LogP contribution in [0, 0.1) is 6.92 Å². The molecule has 0 fully saturated rings. The van der Waals surface area contributed by atoms with Gasteiger partial charge in [0, 0.05) is 4.90 Å². The number of nitrogens with zero attached hydrogens (tertiary/aromatic N) is 3. The Bertz CT molecular complexity index is 1160. The van der Waals surface area contributed by atoms with Crippen molar-refractivity contribution in [2.24, 2.45) is 0 Å². The molecule has 0 aliphatic rings. The summed E-state index contributed by atoms with van der Waals surface area (Å²) in [5.74, 6) is 2.19. The molecule has 0 bridgehead atoms. The molecule has 0 saturated carbocycles. The summed E-state index contributed by atoms with van der Waals surface area (Å²) in [4.78, 5) is 22.4. The number of aryl methyl sites for hydroxylation is 1. The summed E-state index contributed by atoms with van der Waals surface area (Å²) in [5, 5.41) is 7.24. The maximum atomic E-state index is 12.9. The van der Waals surface area contributed by atoms with E-state index in [2.05, 4.69) is 20.4 Å². The second-order valence-electron chi connectivity index (χ2n) is 6.06. The Hall–Kier alpha value is -2.91. The van der Waals surface area contributed by atoms with Crippen molar-refractivity contribution in [1.29, 1.82) is 0 Å². The number of rotatable bonds is 7. The minimum Gasteiger partial charge on any atom is -0.494 e. The van der Waals surface area contributed by atoms with E-state index in [0.717, 1.165) is 20.9 Å². The molecule has 29 heavy (non-hydrogen) atoms. The van der Waals surface area contributed by atoms with Crippen molar-refractivity contribution < 1.29 is 14.1 Å². The van der Waals surface area contributed by atoms with Gasteiger partial charge in [-0.3, -0.25) is 10.1 Å². The summed E-state index contributed by atoms with van der Waals surface area (Å²) < 4.78 is 11.6. The highest BCUT2D eigenvalue weighted by molar-refractivity contribution is 7.98. The van der Waals surface area contributed by atoms with Crippen LogP contribution >= 0.6 is 23.1 Å². The van der Waals surface area contributed by atoms with Gasteiger partial charge in [0.25, 0.3) is 5.91 Å². The summed E-state index contributed by atoms with van der Waals surface area (Å²) in [6.07, 6.45) is 0. The van der Waals surface area contributed by atoms with Crippen molar-refractivity contribution in [3.63, 3.8) is 0 Å². The second kappa shape index (κ2) is 8.62. The molecule has 9 heteroatoms. The van der Waals surface area contributed by atoms with Gasteiger partial charge in [-0.25, -0.2) is 4.98 Å². The van der Waals surface area contributed by atoms with E-state index in [-0.39, 0.29) is 5.91 Å². The summed E-state index contributed by atoms with van der Waals surface area (Å²) in [6.45, 7) is 4.32. The summed E-state index contributed by atoms with van der Waals surface area (Å²) in [5.41, 5.74) is 1.39. The molecule has 2 aromatic heterocycles. The Morgan fingerprint density at radius 3 is 2.90 bits per heavy atom. The number of anilines is 1. The molecule has 0 atom stereocenters. The summed E-state index contributed by atoms with van der Waals surface area (Å²) in [7, 11) is 0. The highest BCUT2D eigenvalue weighted by Gasteiger charge is 2.15. The van der Waals surface area contributed by atoms with Crippen LogP contribution in [0.25, 0.3) is 10.2 Å². The fraction of sp³-hybridized carbons (Fsp3) is 0.200. The number of ether oxygens (including phenoxy) is 1. The molecular weight excluding hydrogens is 408 g/mol. The number of thioether (sulfide) groups is 1. The normalized spacial score (nSPS) is 11.0. The van der Waals surface area contributed by atoms with Crippen molar-refractivity contribution in [2.75, 3.05) is 11.9 Å². The van der Waals surface area contributed by atoms with Gasteiger partial charge in [-0.15, -0.1) is 11.8 Å². The van der Waals surface area contributed by atoms with Crippen molar-refractivity contribution in [3.05, 3.63) is 59.7 Å². The molecule has 1 amide bonds. The lowest BCUT2D eigenvalue weighted by Crippen LogP contribution is -2.12. The number of thiazole rings is 1. The standard InChI is InChI=1S/C20H18N4O3S2/c1-3-26-13-8-9-15-17(10-13)29-20(22-15)23-19(25)14-6-4-5-7-16(14)28-11-18-21-12(2)24-27-18/h4-10H,3,11H2,1-2H3,(H,22,23,25). The topological polar surface area (TPSA) is 90.1 Å². The lowest BCUT2D eigenvalue weighted by molar-refractivity contribution is 0.102. The van der Waals surface area contributed by atoms with E-state index >= 15 is 0 Å². The van der Waals surface area contributed by atoms with Crippen LogP contribution in [0.1, 0.15) is 29.0 Å². The van der Waals surface area contributed by atoms with Crippen LogP contribution in [-0.2, 0) is 5.75 Å². The summed E-state index contributed by atoms with van der Waals surface area (Å²) >= 11 is 2.89. The van der Waals surface area contributed by atoms with E-state index in [1.54, 1.807) is 13.0 Å². The third-order valence-corrected chi connectivity index (χ3v) is 5.94. The predicted octanol–water partition coefficient (Wildman–Crippen LogP) is 4.93. The smallest absolute Gasteiger partial charge is 0.258 e. The van der Waals surface area contributed by atoms with Crippen LogP contribution in [0.2, 0.25) is 0 Å². The molecule has 0 spiro atoms. The Kier molecular flexibility index (Phi) is 5.77. The number of carbonyl (C=O) groups excluding carboxylic acids is 1. The van der Waals surface area contributed by atoms with Gasteiger partial charge in [0.15, 0.2) is 11.0 Å².